The normalized spacial score (nSPS) is 18.1. The van der Waals surface area contributed by atoms with Gasteiger partial charge in [-0.3, -0.25) is 0 Å². The lowest BCUT2D eigenvalue weighted by atomic mass is 10.1. The second kappa shape index (κ2) is 6.38. The Balaban J connectivity index is 2.20. The first-order chi connectivity index (χ1) is 8.28. The number of carbonyl (C=O) groups excluding carboxylic acids is 1. The third-order valence-corrected chi connectivity index (χ3v) is 2.83. The lowest BCUT2D eigenvalue weighted by Crippen LogP contribution is -2.56. The van der Waals surface area contributed by atoms with Crippen molar-refractivity contribution in [3.05, 3.63) is 0 Å². The first-order valence-corrected chi connectivity index (χ1v) is 6.66. The van der Waals surface area contributed by atoms with Gasteiger partial charge in [0, 0.05) is 32.7 Å². The van der Waals surface area contributed by atoms with Gasteiger partial charge in [0.1, 0.15) is 5.60 Å². The van der Waals surface area contributed by atoms with Crippen molar-refractivity contribution in [1.82, 2.24) is 15.5 Å². The second-order valence-corrected chi connectivity index (χ2v) is 6.23. The summed E-state index contributed by atoms with van der Waals surface area (Å²) in [6.07, 6.45) is -0.250. The van der Waals surface area contributed by atoms with Crippen LogP contribution in [0.25, 0.3) is 0 Å². The van der Waals surface area contributed by atoms with Gasteiger partial charge in [-0.2, -0.15) is 0 Å². The van der Waals surface area contributed by atoms with Gasteiger partial charge in [-0.1, -0.05) is 6.92 Å². The summed E-state index contributed by atoms with van der Waals surface area (Å²) in [5.74, 6) is 0.420. The van der Waals surface area contributed by atoms with Crippen LogP contribution in [0, 0.1) is 5.92 Å². The van der Waals surface area contributed by atoms with Crippen molar-refractivity contribution >= 4 is 6.09 Å². The summed E-state index contributed by atoms with van der Waals surface area (Å²) in [6.45, 7) is 11.5. The van der Waals surface area contributed by atoms with E-state index < -0.39 is 5.60 Å². The molecule has 1 amide bonds. The molecule has 1 saturated heterocycles. The number of nitrogens with zero attached hydrogens (tertiary/aromatic N) is 1. The fraction of sp³-hybridized carbons (Fsp3) is 0.923. The highest BCUT2D eigenvalue weighted by Crippen LogP contribution is 2.10. The van der Waals surface area contributed by atoms with Crippen LogP contribution in [0.5, 0.6) is 0 Å². The van der Waals surface area contributed by atoms with Crippen LogP contribution in [0.15, 0.2) is 0 Å². The Labute approximate surface area is 110 Å². The van der Waals surface area contributed by atoms with E-state index in [0.717, 1.165) is 19.6 Å². The van der Waals surface area contributed by atoms with Crippen LogP contribution < -0.4 is 10.6 Å². The van der Waals surface area contributed by atoms with E-state index in [2.05, 4.69) is 17.6 Å². The Morgan fingerprint density at radius 1 is 1.50 bits per heavy atom. The number of hydrogen-bond donors (Lipinski definition) is 2. The minimum absolute atomic E-state index is 0.250. The molecule has 5 nitrogen and oxygen atoms in total. The zero-order valence-electron chi connectivity index (χ0n) is 12.2. The van der Waals surface area contributed by atoms with Crippen LogP contribution in [-0.2, 0) is 4.74 Å². The molecule has 18 heavy (non-hydrogen) atoms. The Hall–Kier alpha value is -0.810. The number of nitrogens with one attached hydrogen (secondary N) is 2. The lowest BCUT2D eigenvalue weighted by molar-refractivity contribution is 0.0276. The monoisotopic (exact) mass is 257 g/mol. The first kappa shape index (κ1) is 15.2. The fourth-order valence-corrected chi connectivity index (χ4v) is 1.75. The second-order valence-electron chi connectivity index (χ2n) is 6.23. The minimum Gasteiger partial charge on any atom is -0.444 e. The average molecular weight is 257 g/mol. The summed E-state index contributed by atoms with van der Waals surface area (Å²) in [5.41, 5.74) is -0.426. The summed E-state index contributed by atoms with van der Waals surface area (Å²) in [4.78, 5) is 13.4. The van der Waals surface area contributed by atoms with Gasteiger partial charge in [0.25, 0.3) is 0 Å². The quantitative estimate of drug-likeness (QED) is 0.773. The molecule has 1 fully saturated rings. The van der Waals surface area contributed by atoms with Crippen molar-refractivity contribution in [3.63, 3.8) is 0 Å². The largest absolute Gasteiger partial charge is 0.444 e. The van der Waals surface area contributed by atoms with Crippen LogP contribution in [0.3, 0.4) is 0 Å². The van der Waals surface area contributed by atoms with Crippen molar-refractivity contribution in [2.75, 3.05) is 33.2 Å². The molecule has 1 atom stereocenters. The van der Waals surface area contributed by atoms with Crippen molar-refractivity contribution in [2.24, 2.45) is 5.92 Å². The molecule has 2 N–H and O–H groups in total. The topological polar surface area (TPSA) is 53.6 Å². The van der Waals surface area contributed by atoms with Gasteiger partial charge in [-0.05, 0) is 33.2 Å². The lowest BCUT2D eigenvalue weighted by Gasteiger charge is -2.30. The van der Waals surface area contributed by atoms with Gasteiger partial charge < -0.3 is 20.3 Å². The highest BCUT2D eigenvalue weighted by molar-refractivity contribution is 5.67. The molecule has 0 aromatic heterocycles. The number of rotatable bonds is 5. The van der Waals surface area contributed by atoms with Gasteiger partial charge in [-0.15, -0.1) is 0 Å². The molecule has 1 heterocycles. The third-order valence-electron chi connectivity index (χ3n) is 2.83. The molecule has 1 aliphatic heterocycles. The number of ether oxygens (including phenoxy) is 1. The van der Waals surface area contributed by atoms with Gasteiger partial charge >= 0.3 is 6.09 Å². The van der Waals surface area contributed by atoms with E-state index in [-0.39, 0.29) is 6.09 Å². The van der Waals surface area contributed by atoms with Gasteiger partial charge in [0.2, 0.25) is 0 Å². The van der Waals surface area contributed by atoms with E-state index in [0.29, 0.717) is 18.5 Å². The zero-order valence-corrected chi connectivity index (χ0v) is 12.2. The van der Waals surface area contributed by atoms with E-state index in [4.69, 9.17) is 4.74 Å². The molecule has 1 unspecified atom stereocenters. The van der Waals surface area contributed by atoms with E-state index >= 15 is 0 Å². The predicted molar refractivity (Wildman–Crippen MR) is 72.7 cm³/mol. The molecule has 0 radical (unpaired) electrons. The molecular weight excluding hydrogens is 230 g/mol. The van der Waals surface area contributed by atoms with Gasteiger partial charge in [0.05, 0.1) is 0 Å². The maximum atomic E-state index is 11.8. The summed E-state index contributed by atoms with van der Waals surface area (Å²) in [5, 5.41) is 6.69. The molecular formula is C13H27N3O2. The van der Waals surface area contributed by atoms with Gasteiger partial charge in [-0.25, -0.2) is 4.79 Å². The molecule has 0 aromatic rings. The summed E-state index contributed by atoms with van der Waals surface area (Å²) < 4.78 is 5.31. The molecule has 0 aliphatic carbocycles. The summed E-state index contributed by atoms with van der Waals surface area (Å²) >= 11 is 0. The Bertz CT molecular complexity index is 272. The van der Waals surface area contributed by atoms with Crippen LogP contribution in [0.2, 0.25) is 0 Å². The standard InChI is InChI=1S/C13H27N3O2/c1-10(6-15-11-7-14-8-11)9-16(5)12(17)18-13(2,3)4/h10-11,14-15H,6-9H2,1-5H3. The average Bonchev–Trinajstić information content (AvgIpc) is 2.12. The van der Waals surface area contributed by atoms with Crippen molar-refractivity contribution < 1.29 is 9.53 Å². The van der Waals surface area contributed by atoms with Crippen LogP contribution >= 0.6 is 0 Å². The number of carbonyl (C=O) groups is 1. The fourth-order valence-electron chi connectivity index (χ4n) is 1.75. The van der Waals surface area contributed by atoms with Crippen LogP contribution in [0.4, 0.5) is 4.79 Å². The molecule has 0 spiro atoms. The maximum Gasteiger partial charge on any atom is 0.410 e. The molecule has 0 aromatic carbocycles. The number of amides is 1. The first-order valence-electron chi connectivity index (χ1n) is 6.66. The molecule has 1 rings (SSSR count). The highest BCUT2D eigenvalue weighted by atomic mass is 16.6. The molecule has 1 aliphatic rings. The predicted octanol–water partition coefficient (Wildman–Crippen LogP) is 1.05. The molecule has 5 heteroatoms. The molecule has 0 saturated carbocycles. The minimum atomic E-state index is -0.426. The molecule has 0 bridgehead atoms. The van der Waals surface area contributed by atoms with Crippen molar-refractivity contribution in [1.29, 1.82) is 0 Å². The van der Waals surface area contributed by atoms with Gasteiger partial charge in [0.15, 0.2) is 0 Å². The maximum absolute atomic E-state index is 11.8. The summed E-state index contributed by atoms with van der Waals surface area (Å²) in [7, 11) is 1.79. The number of hydrogen-bond acceptors (Lipinski definition) is 4. The van der Waals surface area contributed by atoms with E-state index in [9.17, 15) is 4.79 Å². The van der Waals surface area contributed by atoms with Crippen LogP contribution in [-0.4, -0.2) is 55.9 Å². The SMILES string of the molecule is CC(CNC1CNC1)CN(C)C(=O)OC(C)(C)C. The Kier molecular flexibility index (Phi) is 5.41. The van der Waals surface area contributed by atoms with Crippen LogP contribution in [0.1, 0.15) is 27.7 Å². The van der Waals surface area contributed by atoms with Crippen molar-refractivity contribution in [3.8, 4) is 0 Å². The molecule has 106 valence electrons. The summed E-state index contributed by atoms with van der Waals surface area (Å²) in [6, 6.07) is 0.597. The zero-order chi connectivity index (χ0) is 13.8. The van der Waals surface area contributed by atoms with E-state index in [1.54, 1.807) is 11.9 Å². The van der Waals surface area contributed by atoms with E-state index in [1.807, 2.05) is 20.8 Å². The Morgan fingerprint density at radius 3 is 2.56 bits per heavy atom. The van der Waals surface area contributed by atoms with Crippen molar-refractivity contribution in [2.45, 2.75) is 39.3 Å². The highest BCUT2D eigenvalue weighted by Gasteiger charge is 2.21. The Morgan fingerprint density at radius 2 is 2.11 bits per heavy atom. The smallest absolute Gasteiger partial charge is 0.410 e. The third kappa shape index (κ3) is 5.69. The van der Waals surface area contributed by atoms with E-state index in [1.165, 1.54) is 0 Å².